The standard InChI is InChI=1S/C10H18N2O4/c13-8-9-7-12(3-6-16-9)10(14)11-1-4-15-5-2-11/h9,13H,1-8H2. The van der Waals surface area contributed by atoms with Gasteiger partial charge < -0.3 is 24.4 Å². The second-order valence-electron chi connectivity index (χ2n) is 4.00. The Bertz CT molecular complexity index is 243. The van der Waals surface area contributed by atoms with E-state index in [-0.39, 0.29) is 18.7 Å². The van der Waals surface area contributed by atoms with E-state index in [1.54, 1.807) is 9.80 Å². The zero-order valence-corrected chi connectivity index (χ0v) is 9.30. The first-order chi connectivity index (χ1) is 7.81. The molecule has 2 saturated heterocycles. The van der Waals surface area contributed by atoms with Crippen molar-refractivity contribution in [2.75, 3.05) is 52.6 Å². The zero-order valence-electron chi connectivity index (χ0n) is 9.30. The lowest BCUT2D eigenvalue weighted by Gasteiger charge is -2.37. The summed E-state index contributed by atoms with van der Waals surface area (Å²) in [6.07, 6.45) is -0.237. The minimum atomic E-state index is -0.237. The number of morpholine rings is 2. The highest BCUT2D eigenvalue weighted by molar-refractivity contribution is 5.74. The van der Waals surface area contributed by atoms with Crippen molar-refractivity contribution >= 4 is 6.03 Å². The van der Waals surface area contributed by atoms with Gasteiger partial charge in [-0.15, -0.1) is 0 Å². The summed E-state index contributed by atoms with van der Waals surface area (Å²) < 4.78 is 10.5. The number of hydrogen-bond donors (Lipinski definition) is 1. The van der Waals surface area contributed by atoms with E-state index in [1.807, 2.05) is 0 Å². The molecule has 6 nitrogen and oxygen atoms in total. The van der Waals surface area contributed by atoms with Gasteiger partial charge >= 0.3 is 6.03 Å². The van der Waals surface area contributed by atoms with Gasteiger partial charge in [0.1, 0.15) is 0 Å². The molecule has 1 atom stereocenters. The highest BCUT2D eigenvalue weighted by Gasteiger charge is 2.27. The maximum atomic E-state index is 12.1. The third-order valence-electron chi connectivity index (χ3n) is 2.89. The predicted molar refractivity (Wildman–Crippen MR) is 56.2 cm³/mol. The molecule has 92 valence electrons. The van der Waals surface area contributed by atoms with Crippen LogP contribution in [0.5, 0.6) is 0 Å². The Kier molecular flexibility index (Phi) is 3.98. The van der Waals surface area contributed by atoms with Gasteiger partial charge in [0.2, 0.25) is 0 Å². The van der Waals surface area contributed by atoms with E-state index in [0.29, 0.717) is 46.0 Å². The number of aliphatic hydroxyl groups is 1. The summed E-state index contributed by atoms with van der Waals surface area (Å²) in [5.74, 6) is 0. The van der Waals surface area contributed by atoms with Gasteiger partial charge in [0.25, 0.3) is 0 Å². The number of urea groups is 1. The molecule has 6 heteroatoms. The van der Waals surface area contributed by atoms with E-state index < -0.39 is 0 Å². The van der Waals surface area contributed by atoms with Crippen LogP contribution in [0.25, 0.3) is 0 Å². The Morgan fingerprint density at radius 1 is 1.19 bits per heavy atom. The molecule has 0 bridgehead atoms. The van der Waals surface area contributed by atoms with Crippen molar-refractivity contribution in [3.05, 3.63) is 0 Å². The molecule has 1 unspecified atom stereocenters. The van der Waals surface area contributed by atoms with Crippen molar-refractivity contribution in [1.29, 1.82) is 0 Å². The van der Waals surface area contributed by atoms with Crippen LogP contribution in [0.4, 0.5) is 4.79 Å². The number of nitrogens with zero attached hydrogens (tertiary/aromatic N) is 2. The largest absolute Gasteiger partial charge is 0.394 e. The molecule has 2 rings (SSSR count). The summed E-state index contributed by atoms with van der Waals surface area (Å²) in [6, 6.07) is 0.0325. The number of carbonyl (C=O) groups excluding carboxylic acids is 1. The highest BCUT2D eigenvalue weighted by atomic mass is 16.5. The second-order valence-corrected chi connectivity index (χ2v) is 4.00. The Balaban J connectivity index is 1.87. The van der Waals surface area contributed by atoms with Crippen LogP contribution in [-0.2, 0) is 9.47 Å². The third kappa shape index (κ3) is 2.63. The first kappa shape index (κ1) is 11.6. The molecule has 2 fully saturated rings. The molecular weight excluding hydrogens is 212 g/mol. The Hall–Kier alpha value is -0.850. The summed E-state index contributed by atoms with van der Waals surface area (Å²) >= 11 is 0. The molecule has 0 aromatic rings. The molecule has 0 aliphatic carbocycles. The van der Waals surface area contributed by atoms with Crippen LogP contribution in [0.1, 0.15) is 0 Å². The summed E-state index contributed by atoms with van der Waals surface area (Å²) in [7, 11) is 0. The van der Waals surface area contributed by atoms with E-state index in [0.717, 1.165) is 0 Å². The van der Waals surface area contributed by atoms with E-state index in [1.165, 1.54) is 0 Å². The molecule has 0 spiro atoms. The maximum Gasteiger partial charge on any atom is 0.320 e. The summed E-state index contributed by atoms with van der Waals surface area (Å²) in [4.78, 5) is 15.6. The van der Waals surface area contributed by atoms with Crippen LogP contribution in [-0.4, -0.2) is 79.6 Å². The van der Waals surface area contributed by atoms with Crippen LogP contribution < -0.4 is 0 Å². The molecule has 2 amide bonds. The van der Waals surface area contributed by atoms with E-state index >= 15 is 0 Å². The molecule has 2 heterocycles. The lowest BCUT2D eigenvalue weighted by Crippen LogP contribution is -2.54. The Morgan fingerprint density at radius 3 is 2.56 bits per heavy atom. The van der Waals surface area contributed by atoms with Crippen molar-refractivity contribution in [3.63, 3.8) is 0 Å². The van der Waals surface area contributed by atoms with Gasteiger partial charge in [-0.2, -0.15) is 0 Å². The molecular formula is C10H18N2O4. The van der Waals surface area contributed by atoms with E-state index in [9.17, 15) is 4.79 Å². The van der Waals surface area contributed by atoms with Crippen molar-refractivity contribution in [2.45, 2.75) is 6.10 Å². The fourth-order valence-electron chi connectivity index (χ4n) is 1.96. The molecule has 0 aromatic carbocycles. The van der Waals surface area contributed by atoms with Gasteiger partial charge in [0.05, 0.1) is 39.1 Å². The molecule has 2 aliphatic rings. The lowest BCUT2D eigenvalue weighted by molar-refractivity contribution is -0.0472. The topological polar surface area (TPSA) is 62.2 Å². The number of carbonyl (C=O) groups is 1. The van der Waals surface area contributed by atoms with Crippen LogP contribution in [0.3, 0.4) is 0 Å². The van der Waals surface area contributed by atoms with Gasteiger partial charge in [-0.05, 0) is 0 Å². The van der Waals surface area contributed by atoms with Gasteiger partial charge in [0, 0.05) is 19.6 Å². The average molecular weight is 230 g/mol. The normalized spacial score (nSPS) is 26.9. The van der Waals surface area contributed by atoms with Crippen molar-refractivity contribution in [3.8, 4) is 0 Å². The van der Waals surface area contributed by atoms with Gasteiger partial charge in [-0.3, -0.25) is 0 Å². The molecule has 1 N–H and O–H groups in total. The van der Waals surface area contributed by atoms with Crippen molar-refractivity contribution in [1.82, 2.24) is 9.80 Å². The first-order valence-electron chi connectivity index (χ1n) is 5.65. The molecule has 16 heavy (non-hydrogen) atoms. The zero-order chi connectivity index (χ0) is 11.4. The van der Waals surface area contributed by atoms with Gasteiger partial charge in [-0.1, -0.05) is 0 Å². The first-order valence-corrected chi connectivity index (χ1v) is 5.65. The number of hydrogen-bond acceptors (Lipinski definition) is 4. The number of amides is 2. The highest BCUT2D eigenvalue weighted by Crippen LogP contribution is 2.09. The fraction of sp³-hybridized carbons (Fsp3) is 0.900. The van der Waals surface area contributed by atoms with Crippen LogP contribution in [0, 0.1) is 0 Å². The summed E-state index contributed by atoms with van der Waals surface area (Å²) in [5, 5.41) is 9.00. The number of ether oxygens (including phenoxy) is 2. The quantitative estimate of drug-likeness (QED) is 0.636. The molecule has 0 aromatic heterocycles. The summed E-state index contributed by atoms with van der Waals surface area (Å²) in [6.45, 7) is 4.08. The fourth-order valence-corrected chi connectivity index (χ4v) is 1.96. The SMILES string of the molecule is O=C(N1CCOCC1)N1CCOC(CO)C1. The van der Waals surface area contributed by atoms with Crippen LogP contribution >= 0.6 is 0 Å². The Morgan fingerprint density at radius 2 is 1.88 bits per heavy atom. The lowest BCUT2D eigenvalue weighted by atomic mass is 10.3. The minimum Gasteiger partial charge on any atom is -0.394 e. The van der Waals surface area contributed by atoms with E-state index in [2.05, 4.69) is 0 Å². The van der Waals surface area contributed by atoms with Crippen molar-refractivity contribution < 1.29 is 19.4 Å². The molecule has 0 saturated carbocycles. The number of rotatable bonds is 1. The van der Waals surface area contributed by atoms with E-state index in [4.69, 9.17) is 14.6 Å². The van der Waals surface area contributed by atoms with Crippen molar-refractivity contribution in [2.24, 2.45) is 0 Å². The molecule has 2 aliphatic heterocycles. The second kappa shape index (κ2) is 5.47. The smallest absolute Gasteiger partial charge is 0.320 e. The monoisotopic (exact) mass is 230 g/mol. The summed E-state index contributed by atoms with van der Waals surface area (Å²) in [5.41, 5.74) is 0. The number of aliphatic hydroxyl groups excluding tert-OH is 1. The van der Waals surface area contributed by atoms with Crippen LogP contribution in [0.2, 0.25) is 0 Å². The Labute approximate surface area is 94.7 Å². The maximum absolute atomic E-state index is 12.1. The third-order valence-corrected chi connectivity index (χ3v) is 2.89. The van der Waals surface area contributed by atoms with Gasteiger partial charge in [-0.25, -0.2) is 4.79 Å². The van der Waals surface area contributed by atoms with Gasteiger partial charge in [0.15, 0.2) is 0 Å². The van der Waals surface area contributed by atoms with Crippen LogP contribution in [0.15, 0.2) is 0 Å². The average Bonchev–Trinajstić information content (AvgIpc) is 2.39. The molecule has 0 radical (unpaired) electrons. The predicted octanol–water partition coefficient (Wildman–Crippen LogP) is -0.868. The minimum absolute atomic E-state index is 0.0325.